The molecule has 4 heteroatoms. The van der Waals surface area contributed by atoms with Crippen molar-refractivity contribution in [3.8, 4) is 5.69 Å². The van der Waals surface area contributed by atoms with Crippen molar-refractivity contribution in [1.82, 2.24) is 9.55 Å². The molecule has 16 heavy (non-hydrogen) atoms. The molecule has 0 spiro atoms. The van der Waals surface area contributed by atoms with Crippen molar-refractivity contribution in [2.24, 2.45) is 0 Å². The molecule has 0 bridgehead atoms. The molecular formula is C12H14ClN3. The first-order valence-corrected chi connectivity index (χ1v) is 5.71. The molecule has 0 unspecified atom stereocenters. The third kappa shape index (κ3) is 2.19. The summed E-state index contributed by atoms with van der Waals surface area (Å²) < 4.78 is 1.92. The number of hydrogen-bond acceptors (Lipinski definition) is 2. The van der Waals surface area contributed by atoms with E-state index in [0.29, 0.717) is 0 Å². The van der Waals surface area contributed by atoms with Crippen molar-refractivity contribution >= 4 is 17.3 Å². The monoisotopic (exact) mass is 235 g/mol. The molecule has 0 aliphatic carbocycles. The van der Waals surface area contributed by atoms with Crippen LogP contribution < -0.4 is 5.32 Å². The Kier molecular flexibility index (Phi) is 3.47. The van der Waals surface area contributed by atoms with Gasteiger partial charge in [-0.05, 0) is 18.6 Å². The number of para-hydroxylation sites is 1. The van der Waals surface area contributed by atoms with Crippen molar-refractivity contribution in [2.75, 3.05) is 11.9 Å². The lowest BCUT2D eigenvalue weighted by Crippen LogP contribution is -2.04. The van der Waals surface area contributed by atoms with E-state index in [4.69, 9.17) is 11.6 Å². The lowest BCUT2D eigenvalue weighted by Gasteiger charge is -2.13. The van der Waals surface area contributed by atoms with Gasteiger partial charge < -0.3 is 9.88 Å². The van der Waals surface area contributed by atoms with E-state index in [-0.39, 0.29) is 0 Å². The van der Waals surface area contributed by atoms with Crippen LogP contribution >= 0.6 is 11.6 Å². The van der Waals surface area contributed by atoms with Crippen LogP contribution in [0.4, 0.5) is 5.69 Å². The maximum absolute atomic E-state index is 6.21. The Labute approximate surface area is 100 Å². The average molecular weight is 236 g/mol. The number of nitrogens with zero attached hydrogens (tertiary/aromatic N) is 2. The molecule has 0 radical (unpaired) electrons. The van der Waals surface area contributed by atoms with Crippen molar-refractivity contribution in [3.63, 3.8) is 0 Å². The topological polar surface area (TPSA) is 29.9 Å². The highest BCUT2D eigenvalue weighted by Gasteiger charge is 2.07. The Morgan fingerprint density at radius 2 is 2.31 bits per heavy atom. The van der Waals surface area contributed by atoms with Gasteiger partial charge in [-0.1, -0.05) is 24.6 Å². The number of nitrogens with one attached hydrogen (secondary N) is 1. The molecule has 0 atom stereocenters. The van der Waals surface area contributed by atoms with Crippen molar-refractivity contribution < 1.29 is 0 Å². The molecule has 1 aromatic heterocycles. The molecule has 0 fully saturated rings. The summed E-state index contributed by atoms with van der Waals surface area (Å²) in [4.78, 5) is 4.04. The van der Waals surface area contributed by atoms with E-state index in [1.807, 2.05) is 29.0 Å². The van der Waals surface area contributed by atoms with E-state index in [9.17, 15) is 0 Å². The fourth-order valence-corrected chi connectivity index (χ4v) is 1.84. The van der Waals surface area contributed by atoms with Gasteiger partial charge in [-0.25, -0.2) is 4.98 Å². The lowest BCUT2D eigenvalue weighted by atomic mass is 10.2. The fraction of sp³-hybridized carbons (Fsp3) is 0.250. The summed E-state index contributed by atoms with van der Waals surface area (Å²) in [6, 6.07) is 5.85. The molecule has 0 saturated heterocycles. The van der Waals surface area contributed by atoms with E-state index in [2.05, 4.69) is 17.2 Å². The van der Waals surface area contributed by atoms with Gasteiger partial charge in [0.1, 0.15) is 0 Å². The molecule has 1 aromatic carbocycles. The van der Waals surface area contributed by atoms with E-state index >= 15 is 0 Å². The predicted molar refractivity (Wildman–Crippen MR) is 67.4 cm³/mol. The van der Waals surface area contributed by atoms with Crippen LogP contribution in [0.15, 0.2) is 36.9 Å². The zero-order valence-electron chi connectivity index (χ0n) is 9.15. The summed E-state index contributed by atoms with van der Waals surface area (Å²) in [5.41, 5.74) is 1.99. The number of rotatable bonds is 4. The summed E-state index contributed by atoms with van der Waals surface area (Å²) in [5, 5.41) is 4.08. The van der Waals surface area contributed by atoms with Crippen LogP contribution in [0, 0.1) is 0 Å². The third-order valence-corrected chi connectivity index (χ3v) is 2.62. The largest absolute Gasteiger partial charge is 0.383 e. The highest BCUT2D eigenvalue weighted by Crippen LogP contribution is 2.28. The summed E-state index contributed by atoms with van der Waals surface area (Å²) in [6.45, 7) is 3.07. The number of imidazole rings is 1. The van der Waals surface area contributed by atoms with Crippen LogP contribution in [0.2, 0.25) is 5.02 Å². The third-order valence-electron chi connectivity index (χ3n) is 2.31. The Bertz CT molecular complexity index is 451. The maximum atomic E-state index is 6.21. The van der Waals surface area contributed by atoms with Gasteiger partial charge in [-0.3, -0.25) is 0 Å². The molecule has 2 aromatic rings. The number of benzene rings is 1. The second kappa shape index (κ2) is 5.03. The number of hydrogen-bond donors (Lipinski definition) is 1. The van der Waals surface area contributed by atoms with Gasteiger partial charge >= 0.3 is 0 Å². The van der Waals surface area contributed by atoms with Gasteiger partial charge in [0.15, 0.2) is 0 Å². The normalized spacial score (nSPS) is 10.4. The first-order chi connectivity index (χ1) is 7.83. The molecule has 84 valence electrons. The highest BCUT2D eigenvalue weighted by atomic mass is 35.5. The van der Waals surface area contributed by atoms with Gasteiger partial charge in [0.2, 0.25) is 0 Å². The van der Waals surface area contributed by atoms with Gasteiger partial charge in [-0.2, -0.15) is 0 Å². The summed E-state index contributed by atoms with van der Waals surface area (Å²) in [5.74, 6) is 0. The van der Waals surface area contributed by atoms with Crippen LogP contribution in [0.3, 0.4) is 0 Å². The highest BCUT2D eigenvalue weighted by molar-refractivity contribution is 6.33. The van der Waals surface area contributed by atoms with Crippen LogP contribution in [0.25, 0.3) is 5.69 Å². The van der Waals surface area contributed by atoms with Gasteiger partial charge in [0.05, 0.1) is 22.7 Å². The van der Waals surface area contributed by atoms with Crippen LogP contribution in [0.5, 0.6) is 0 Å². The Hall–Kier alpha value is -1.48. The van der Waals surface area contributed by atoms with Gasteiger partial charge in [0.25, 0.3) is 0 Å². The van der Waals surface area contributed by atoms with Crippen LogP contribution in [-0.2, 0) is 0 Å². The predicted octanol–water partition coefficient (Wildman–Crippen LogP) is 3.35. The number of halogens is 1. The van der Waals surface area contributed by atoms with E-state index in [1.54, 1.807) is 12.5 Å². The zero-order valence-corrected chi connectivity index (χ0v) is 9.91. The molecule has 1 heterocycles. The van der Waals surface area contributed by atoms with E-state index in [0.717, 1.165) is 29.4 Å². The average Bonchev–Trinajstić information content (AvgIpc) is 2.79. The standard InChI is InChI=1S/C12H14ClN3/c1-2-6-15-11-5-3-4-10(13)12(11)16-8-7-14-9-16/h3-5,7-9,15H,2,6H2,1H3. The molecule has 1 N–H and O–H groups in total. The van der Waals surface area contributed by atoms with Crippen molar-refractivity contribution in [2.45, 2.75) is 13.3 Å². The molecular weight excluding hydrogens is 222 g/mol. The molecule has 0 aliphatic heterocycles. The molecule has 2 rings (SSSR count). The Morgan fingerprint density at radius 1 is 1.44 bits per heavy atom. The number of aromatic nitrogens is 2. The second-order valence-electron chi connectivity index (χ2n) is 3.53. The fourth-order valence-electron chi connectivity index (χ4n) is 1.57. The minimum absolute atomic E-state index is 0.721. The van der Waals surface area contributed by atoms with Gasteiger partial charge in [0, 0.05) is 18.9 Å². The first-order valence-electron chi connectivity index (χ1n) is 5.33. The molecule has 0 aliphatic rings. The second-order valence-corrected chi connectivity index (χ2v) is 3.94. The molecule has 0 saturated carbocycles. The summed E-state index contributed by atoms with van der Waals surface area (Å²) in [6.07, 6.45) is 6.46. The van der Waals surface area contributed by atoms with Crippen LogP contribution in [0.1, 0.15) is 13.3 Å². The number of anilines is 1. The first kappa shape index (κ1) is 11.0. The quantitative estimate of drug-likeness (QED) is 0.881. The SMILES string of the molecule is CCCNc1cccc(Cl)c1-n1ccnc1. The maximum Gasteiger partial charge on any atom is 0.0992 e. The van der Waals surface area contributed by atoms with E-state index in [1.165, 1.54) is 0 Å². The van der Waals surface area contributed by atoms with E-state index < -0.39 is 0 Å². The molecule has 3 nitrogen and oxygen atoms in total. The Morgan fingerprint density at radius 3 is 3.00 bits per heavy atom. The molecule has 0 amide bonds. The van der Waals surface area contributed by atoms with Crippen molar-refractivity contribution in [1.29, 1.82) is 0 Å². The van der Waals surface area contributed by atoms with Crippen molar-refractivity contribution in [3.05, 3.63) is 41.9 Å². The lowest BCUT2D eigenvalue weighted by molar-refractivity contribution is 0.969. The summed E-state index contributed by atoms with van der Waals surface area (Å²) >= 11 is 6.21. The minimum atomic E-state index is 0.721. The smallest absolute Gasteiger partial charge is 0.0992 e. The van der Waals surface area contributed by atoms with Gasteiger partial charge in [-0.15, -0.1) is 0 Å². The Balaban J connectivity index is 2.41. The van der Waals surface area contributed by atoms with Crippen LogP contribution in [-0.4, -0.2) is 16.1 Å². The summed E-state index contributed by atoms with van der Waals surface area (Å²) in [7, 11) is 0. The minimum Gasteiger partial charge on any atom is -0.383 e. The zero-order chi connectivity index (χ0) is 11.4.